The van der Waals surface area contributed by atoms with Gasteiger partial charge in [0.25, 0.3) is 0 Å². The summed E-state index contributed by atoms with van der Waals surface area (Å²) in [6.07, 6.45) is 3.25. The molecule has 2 aromatic carbocycles. The standard InChI is InChI=1S/C19H15NO2/c1-22-19(21)17(14-20)12-13-18(15-8-4-2-5-9-15)16-10-6-3-7-11-16/h2-13H,1H3. The van der Waals surface area contributed by atoms with Gasteiger partial charge in [-0.1, -0.05) is 66.7 Å². The number of hydrogen-bond acceptors (Lipinski definition) is 3. The van der Waals surface area contributed by atoms with Gasteiger partial charge in [-0.25, -0.2) is 4.79 Å². The van der Waals surface area contributed by atoms with Crippen LogP contribution in [-0.2, 0) is 9.53 Å². The van der Waals surface area contributed by atoms with E-state index in [-0.39, 0.29) is 5.57 Å². The first kappa shape index (κ1) is 15.3. The number of esters is 1. The zero-order valence-electron chi connectivity index (χ0n) is 12.2. The number of methoxy groups -OCH3 is 1. The molecule has 0 aliphatic heterocycles. The van der Waals surface area contributed by atoms with Gasteiger partial charge in [0.2, 0.25) is 0 Å². The molecule has 0 unspecified atom stereocenters. The number of carbonyl (C=O) groups excluding carboxylic acids is 1. The Balaban J connectivity index is 2.51. The van der Waals surface area contributed by atoms with Crippen molar-refractivity contribution in [1.29, 1.82) is 5.26 Å². The lowest BCUT2D eigenvalue weighted by molar-refractivity contribution is -0.135. The predicted octanol–water partition coefficient (Wildman–Crippen LogP) is 3.74. The second kappa shape index (κ2) is 7.61. The van der Waals surface area contributed by atoms with E-state index in [2.05, 4.69) is 4.74 Å². The largest absolute Gasteiger partial charge is 0.465 e. The minimum Gasteiger partial charge on any atom is -0.465 e. The first-order chi connectivity index (χ1) is 10.8. The SMILES string of the molecule is COC(=O)C(C#N)=CC=C(c1ccccc1)c1ccccc1. The topological polar surface area (TPSA) is 50.1 Å². The number of hydrogen-bond donors (Lipinski definition) is 0. The normalized spacial score (nSPS) is 10.5. The van der Waals surface area contributed by atoms with E-state index in [0.717, 1.165) is 16.7 Å². The Kier molecular flexibility index (Phi) is 5.28. The van der Waals surface area contributed by atoms with Crippen LogP contribution in [0.25, 0.3) is 5.57 Å². The van der Waals surface area contributed by atoms with E-state index in [4.69, 9.17) is 5.26 Å². The van der Waals surface area contributed by atoms with Crippen LogP contribution >= 0.6 is 0 Å². The summed E-state index contributed by atoms with van der Waals surface area (Å²) in [4.78, 5) is 11.5. The van der Waals surface area contributed by atoms with Crippen LogP contribution in [-0.4, -0.2) is 13.1 Å². The number of nitrogens with zero attached hydrogens (tertiary/aromatic N) is 1. The first-order valence-corrected chi connectivity index (χ1v) is 6.77. The van der Waals surface area contributed by atoms with Crippen LogP contribution in [0.5, 0.6) is 0 Å². The van der Waals surface area contributed by atoms with Crippen molar-refractivity contribution in [2.24, 2.45) is 0 Å². The maximum atomic E-state index is 11.5. The van der Waals surface area contributed by atoms with Crippen LogP contribution in [0, 0.1) is 11.3 Å². The molecule has 0 aromatic heterocycles. The molecular formula is C19H15NO2. The van der Waals surface area contributed by atoms with Gasteiger partial charge in [0.1, 0.15) is 11.6 Å². The van der Waals surface area contributed by atoms with Gasteiger partial charge < -0.3 is 4.74 Å². The van der Waals surface area contributed by atoms with Crippen LogP contribution in [0.15, 0.2) is 78.4 Å². The molecular weight excluding hydrogens is 274 g/mol. The molecule has 2 rings (SSSR count). The van der Waals surface area contributed by atoms with E-state index in [9.17, 15) is 4.79 Å². The third kappa shape index (κ3) is 3.71. The van der Waals surface area contributed by atoms with E-state index in [1.165, 1.54) is 13.2 Å². The van der Waals surface area contributed by atoms with Crippen molar-refractivity contribution in [2.75, 3.05) is 7.11 Å². The molecule has 3 nitrogen and oxygen atoms in total. The van der Waals surface area contributed by atoms with Gasteiger partial charge in [-0.15, -0.1) is 0 Å². The van der Waals surface area contributed by atoms with Crippen molar-refractivity contribution in [3.8, 4) is 6.07 Å². The minimum absolute atomic E-state index is 0.0353. The number of ether oxygens (including phenoxy) is 1. The summed E-state index contributed by atoms with van der Waals surface area (Å²) in [6.45, 7) is 0. The van der Waals surface area contributed by atoms with Crippen molar-refractivity contribution >= 4 is 11.5 Å². The molecule has 0 saturated heterocycles. The number of benzene rings is 2. The summed E-state index contributed by atoms with van der Waals surface area (Å²) in [7, 11) is 1.26. The average Bonchev–Trinajstić information content (AvgIpc) is 2.60. The molecule has 22 heavy (non-hydrogen) atoms. The average molecular weight is 289 g/mol. The second-order valence-electron chi connectivity index (χ2n) is 4.50. The third-order valence-electron chi connectivity index (χ3n) is 3.11. The summed E-state index contributed by atoms with van der Waals surface area (Å²) in [5, 5.41) is 9.03. The molecule has 0 aliphatic carbocycles. The van der Waals surface area contributed by atoms with Crippen LogP contribution < -0.4 is 0 Å². The van der Waals surface area contributed by atoms with Gasteiger partial charge in [-0.3, -0.25) is 0 Å². The maximum absolute atomic E-state index is 11.5. The van der Waals surface area contributed by atoms with E-state index < -0.39 is 5.97 Å². The lowest BCUT2D eigenvalue weighted by Gasteiger charge is -2.07. The Bertz CT molecular complexity index is 697. The molecule has 3 heteroatoms. The molecule has 0 saturated carbocycles. The van der Waals surface area contributed by atoms with Gasteiger partial charge in [0.05, 0.1) is 7.11 Å². The Hall–Kier alpha value is -3.12. The monoisotopic (exact) mass is 289 g/mol. The van der Waals surface area contributed by atoms with Crippen molar-refractivity contribution in [2.45, 2.75) is 0 Å². The summed E-state index contributed by atoms with van der Waals surface area (Å²) in [5.74, 6) is -0.640. The van der Waals surface area contributed by atoms with Gasteiger partial charge in [0, 0.05) is 0 Å². The Labute approximate surface area is 129 Å². The van der Waals surface area contributed by atoms with Crippen molar-refractivity contribution < 1.29 is 9.53 Å². The Morgan fingerprint density at radius 1 is 0.955 bits per heavy atom. The summed E-state index contributed by atoms with van der Waals surface area (Å²) >= 11 is 0. The molecule has 2 aromatic rings. The summed E-state index contributed by atoms with van der Waals surface area (Å²) in [6, 6.07) is 21.5. The van der Waals surface area contributed by atoms with E-state index in [1.54, 1.807) is 6.08 Å². The molecule has 0 atom stereocenters. The van der Waals surface area contributed by atoms with Crippen LogP contribution in [0.4, 0.5) is 0 Å². The van der Waals surface area contributed by atoms with Crippen LogP contribution in [0.1, 0.15) is 11.1 Å². The molecule has 108 valence electrons. The lowest BCUT2D eigenvalue weighted by atomic mass is 9.97. The van der Waals surface area contributed by atoms with Crippen molar-refractivity contribution in [3.05, 3.63) is 89.5 Å². The molecule has 0 amide bonds. The van der Waals surface area contributed by atoms with Gasteiger partial charge in [-0.2, -0.15) is 5.26 Å². The number of allylic oxidation sites excluding steroid dienone is 2. The van der Waals surface area contributed by atoms with Crippen molar-refractivity contribution in [3.63, 3.8) is 0 Å². The zero-order valence-corrected chi connectivity index (χ0v) is 12.2. The predicted molar refractivity (Wildman–Crippen MR) is 85.7 cm³/mol. The molecule has 0 N–H and O–H groups in total. The van der Waals surface area contributed by atoms with Gasteiger partial charge >= 0.3 is 5.97 Å². The highest BCUT2D eigenvalue weighted by molar-refractivity contribution is 5.93. The maximum Gasteiger partial charge on any atom is 0.348 e. The van der Waals surface area contributed by atoms with E-state index in [0.29, 0.717) is 0 Å². The van der Waals surface area contributed by atoms with E-state index in [1.807, 2.05) is 66.7 Å². The van der Waals surface area contributed by atoms with Crippen LogP contribution in [0.3, 0.4) is 0 Å². The minimum atomic E-state index is -0.640. The zero-order chi connectivity index (χ0) is 15.8. The molecule has 0 fully saturated rings. The fraction of sp³-hybridized carbons (Fsp3) is 0.0526. The highest BCUT2D eigenvalue weighted by Crippen LogP contribution is 2.23. The Morgan fingerprint density at radius 2 is 1.45 bits per heavy atom. The quantitative estimate of drug-likeness (QED) is 0.373. The number of rotatable bonds is 4. The highest BCUT2D eigenvalue weighted by Gasteiger charge is 2.08. The first-order valence-electron chi connectivity index (χ1n) is 6.77. The summed E-state index contributed by atoms with van der Waals surface area (Å²) in [5.41, 5.74) is 2.91. The Morgan fingerprint density at radius 3 is 1.86 bits per heavy atom. The van der Waals surface area contributed by atoms with Gasteiger partial charge in [-0.05, 0) is 22.8 Å². The number of nitriles is 1. The van der Waals surface area contributed by atoms with E-state index >= 15 is 0 Å². The molecule has 0 radical (unpaired) electrons. The molecule has 0 bridgehead atoms. The van der Waals surface area contributed by atoms with Crippen LogP contribution in [0.2, 0.25) is 0 Å². The fourth-order valence-electron chi connectivity index (χ4n) is 2.02. The molecule has 0 spiro atoms. The van der Waals surface area contributed by atoms with Crippen molar-refractivity contribution in [1.82, 2.24) is 0 Å². The highest BCUT2D eigenvalue weighted by atomic mass is 16.5. The number of carbonyl (C=O) groups is 1. The smallest absolute Gasteiger partial charge is 0.348 e. The fourth-order valence-corrected chi connectivity index (χ4v) is 2.02. The second-order valence-corrected chi connectivity index (χ2v) is 4.50. The molecule has 0 heterocycles. The molecule has 0 aliphatic rings. The summed E-state index contributed by atoms with van der Waals surface area (Å²) < 4.78 is 4.59. The third-order valence-corrected chi connectivity index (χ3v) is 3.11. The van der Waals surface area contributed by atoms with Gasteiger partial charge in [0.15, 0.2) is 0 Å². The lowest BCUT2D eigenvalue weighted by Crippen LogP contribution is -2.02.